The number of fused-ring (bicyclic) bond motifs is 1. The van der Waals surface area contributed by atoms with Crippen LogP contribution >= 0.6 is 11.3 Å². The van der Waals surface area contributed by atoms with Crippen LogP contribution in [0.2, 0.25) is 0 Å². The molecule has 0 aliphatic rings. The smallest absolute Gasteiger partial charge is 0.155 e. The molecule has 4 rings (SSSR count). The van der Waals surface area contributed by atoms with Crippen molar-refractivity contribution in [2.24, 2.45) is 0 Å². The van der Waals surface area contributed by atoms with Gasteiger partial charge in [0.2, 0.25) is 0 Å². The summed E-state index contributed by atoms with van der Waals surface area (Å²) in [5.74, 6) is 0. The van der Waals surface area contributed by atoms with E-state index in [9.17, 15) is 0 Å². The minimum atomic E-state index is 0.651. The van der Waals surface area contributed by atoms with Gasteiger partial charge in [-0.05, 0) is 23.6 Å². The van der Waals surface area contributed by atoms with Crippen LogP contribution in [0.4, 0.5) is 0 Å². The van der Waals surface area contributed by atoms with Crippen LogP contribution in [0.15, 0.2) is 60.4 Å². The highest BCUT2D eigenvalue weighted by Gasteiger charge is 2.09. The number of nitriles is 1. The van der Waals surface area contributed by atoms with Crippen molar-refractivity contribution in [2.75, 3.05) is 0 Å². The summed E-state index contributed by atoms with van der Waals surface area (Å²) in [4.78, 5) is 9.99. The minimum absolute atomic E-state index is 0.651. The van der Waals surface area contributed by atoms with E-state index >= 15 is 0 Å². The highest BCUT2D eigenvalue weighted by atomic mass is 32.1. The van der Waals surface area contributed by atoms with Crippen molar-refractivity contribution in [3.05, 3.63) is 65.9 Å². The van der Waals surface area contributed by atoms with Gasteiger partial charge in [0.15, 0.2) is 5.65 Å². The van der Waals surface area contributed by atoms with Crippen LogP contribution in [0.1, 0.15) is 5.56 Å². The third kappa shape index (κ3) is 2.07. The summed E-state index contributed by atoms with van der Waals surface area (Å²) >= 11 is 1.66. The van der Waals surface area contributed by atoms with Gasteiger partial charge in [0.25, 0.3) is 0 Å². The number of rotatable bonds is 2. The maximum absolute atomic E-state index is 8.90. The fourth-order valence-corrected chi connectivity index (χ4v) is 3.06. The highest BCUT2D eigenvalue weighted by Crippen LogP contribution is 2.26. The van der Waals surface area contributed by atoms with Gasteiger partial charge in [-0.15, -0.1) is 11.3 Å². The average molecular weight is 302 g/mol. The lowest BCUT2D eigenvalue weighted by Gasteiger charge is -2.04. The molecule has 3 heterocycles. The summed E-state index contributed by atoms with van der Waals surface area (Å²) in [6.07, 6.45) is 5.61. The normalized spacial score (nSPS) is 10.7. The zero-order valence-corrected chi connectivity index (χ0v) is 12.3. The van der Waals surface area contributed by atoms with Crippen LogP contribution in [0, 0.1) is 11.3 Å². The number of hydrogen-bond acceptors (Lipinski definition) is 4. The molecule has 0 N–H and O–H groups in total. The Balaban J connectivity index is 1.87. The van der Waals surface area contributed by atoms with Crippen molar-refractivity contribution in [1.82, 2.24) is 14.4 Å². The Labute approximate surface area is 131 Å². The molecule has 0 fully saturated rings. The van der Waals surface area contributed by atoms with E-state index in [1.807, 2.05) is 52.5 Å². The van der Waals surface area contributed by atoms with Crippen molar-refractivity contribution < 1.29 is 0 Å². The van der Waals surface area contributed by atoms with Crippen LogP contribution < -0.4 is 0 Å². The van der Waals surface area contributed by atoms with Crippen LogP contribution in [-0.4, -0.2) is 14.4 Å². The first kappa shape index (κ1) is 12.7. The van der Waals surface area contributed by atoms with Gasteiger partial charge in [-0.1, -0.05) is 18.2 Å². The molecule has 0 unspecified atom stereocenters. The first-order chi connectivity index (χ1) is 10.8. The number of benzene rings is 1. The Morgan fingerprint density at radius 2 is 1.91 bits per heavy atom. The molecule has 0 atom stereocenters. The summed E-state index contributed by atoms with van der Waals surface area (Å²) in [6, 6.07) is 13.7. The van der Waals surface area contributed by atoms with Crippen LogP contribution in [0.3, 0.4) is 0 Å². The number of aromatic nitrogens is 3. The van der Waals surface area contributed by atoms with E-state index in [4.69, 9.17) is 5.26 Å². The third-order valence-electron chi connectivity index (χ3n) is 3.48. The quantitative estimate of drug-likeness (QED) is 0.562. The Kier molecular flexibility index (Phi) is 2.95. The first-order valence-electron chi connectivity index (χ1n) is 6.73. The molecule has 22 heavy (non-hydrogen) atoms. The van der Waals surface area contributed by atoms with E-state index in [1.165, 1.54) is 0 Å². The van der Waals surface area contributed by atoms with E-state index in [0.717, 1.165) is 27.5 Å². The predicted octanol–water partition coefficient (Wildman–Crippen LogP) is 4.00. The molecule has 4 nitrogen and oxygen atoms in total. The monoisotopic (exact) mass is 302 g/mol. The van der Waals surface area contributed by atoms with Gasteiger partial charge >= 0.3 is 0 Å². The fourth-order valence-electron chi connectivity index (χ4n) is 2.37. The first-order valence-corrected chi connectivity index (χ1v) is 7.60. The molecule has 0 aliphatic carbocycles. The van der Waals surface area contributed by atoms with E-state index < -0.39 is 0 Å². The Hall–Kier alpha value is -2.97. The molecule has 0 amide bonds. The number of hydrogen-bond donors (Lipinski definition) is 0. The van der Waals surface area contributed by atoms with Gasteiger partial charge in [-0.2, -0.15) is 5.26 Å². The van der Waals surface area contributed by atoms with Gasteiger partial charge in [0, 0.05) is 11.8 Å². The maximum Gasteiger partial charge on any atom is 0.155 e. The van der Waals surface area contributed by atoms with Gasteiger partial charge < -0.3 is 0 Å². The van der Waals surface area contributed by atoms with Crippen molar-refractivity contribution in [3.8, 4) is 27.9 Å². The van der Waals surface area contributed by atoms with Crippen LogP contribution in [0.25, 0.3) is 27.5 Å². The minimum Gasteiger partial charge on any atom is -0.296 e. The second-order valence-electron chi connectivity index (χ2n) is 4.81. The molecular weight excluding hydrogens is 292 g/mol. The lowest BCUT2D eigenvalue weighted by Crippen LogP contribution is -1.92. The summed E-state index contributed by atoms with van der Waals surface area (Å²) in [5, 5.41) is 10.9. The molecule has 1 aromatic carbocycles. The summed E-state index contributed by atoms with van der Waals surface area (Å²) in [7, 11) is 0. The molecule has 104 valence electrons. The van der Waals surface area contributed by atoms with Gasteiger partial charge in [-0.25, -0.2) is 9.97 Å². The van der Waals surface area contributed by atoms with Gasteiger partial charge in [-0.3, -0.25) is 4.40 Å². The van der Waals surface area contributed by atoms with E-state index in [-0.39, 0.29) is 0 Å². The molecule has 0 radical (unpaired) electrons. The standard InChI is InChI=1S/C17H10N4S/c18-8-12-3-5-13(6-4-12)15-9-20-17-10-19-14(11-21(15)17)16-2-1-7-22-16/h1-7,9-11H. The highest BCUT2D eigenvalue weighted by molar-refractivity contribution is 7.13. The van der Waals surface area contributed by atoms with E-state index in [1.54, 1.807) is 17.5 Å². The molecule has 0 saturated carbocycles. The van der Waals surface area contributed by atoms with E-state index in [0.29, 0.717) is 5.56 Å². The molecule has 0 spiro atoms. The zero-order chi connectivity index (χ0) is 14.9. The van der Waals surface area contributed by atoms with Crippen molar-refractivity contribution >= 4 is 17.0 Å². The predicted molar refractivity (Wildman–Crippen MR) is 86.5 cm³/mol. The van der Waals surface area contributed by atoms with E-state index in [2.05, 4.69) is 22.1 Å². The number of imidazole rings is 1. The van der Waals surface area contributed by atoms with Crippen molar-refractivity contribution in [1.29, 1.82) is 5.26 Å². The Morgan fingerprint density at radius 3 is 2.64 bits per heavy atom. The van der Waals surface area contributed by atoms with Crippen molar-refractivity contribution in [2.45, 2.75) is 0 Å². The lowest BCUT2D eigenvalue weighted by atomic mass is 10.1. The van der Waals surface area contributed by atoms with Crippen molar-refractivity contribution in [3.63, 3.8) is 0 Å². The molecule has 5 heteroatoms. The summed E-state index contributed by atoms with van der Waals surface area (Å²) in [6.45, 7) is 0. The average Bonchev–Trinajstić information content (AvgIpc) is 3.24. The maximum atomic E-state index is 8.90. The topological polar surface area (TPSA) is 54.0 Å². The van der Waals surface area contributed by atoms with Gasteiger partial charge in [0.05, 0.1) is 40.3 Å². The Bertz CT molecular complexity index is 976. The molecule has 4 aromatic rings. The second-order valence-corrected chi connectivity index (χ2v) is 5.76. The number of nitrogens with zero attached hydrogens (tertiary/aromatic N) is 4. The second kappa shape index (κ2) is 5.10. The lowest BCUT2D eigenvalue weighted by molar-refractivity contribution is 1.14. The molecule has 0 aliphatic heterocycles. The molecule has 0 bridgehead atoms. The fraction of sp³-hybridized carbons (Fsp3) is 0. The SMILES string of the molecule is N#Cc1ccc(-c2cnc3cnc(-c4cccs4)cn23)cc1. The van der Waals surface area contributed by atoms with Gasteiger partial charge in [0.1, 0.15) is 0 Å². The summed E-state index contributed by atoms with van der Waals surface area (Å²) < 4.78 is 2.03. The Morgan fingerprint density at radius 1 is 1.05 bits per heavy atom. The molecular formula is C17H10N4S. The molecule has 3 aromatic heterocycles. The zero-order valence-electron chi connectivity index (χ0n) is 11.5. The van der Waals surface area contributed by atoms with Crippen LogP contribution in [-0.2, 0) is 0 Å². The summed E-state index contributed by atoms with van der Waals surface area (Å²) in [5.41, 5.74) is 4.39. The molecule has 0 saturated heterocycles. The third-order valence-corrected chi connectivity index (χ3v) is 4.37. The van der Waals surface area contributed by atoms with Crippen LogP contribution in [0.5, 0.6) is 0 Å². The largest absolute Gasteiger partial charge is 0.296 e. The number of thiophene rings is 1.